The van der Waals surface area contributed by atoms with E-state index < -0.39 is 0 Å². The number of rotatable bonds is 2. The summed E-state index contributed by atoms with van der Waals surface area (Å²) in [5.41, 5.74) is 7.94. The molecule has 3 rings (SSSR count). The Morgan fingerprint density at radius 3 is 3.05 bits per heavy atom. The van der Waals surface area contributed by atoms with E-state index in [0.717, 1.165) is 27.8 Å². The van der Waals surface area contributed by atoms with E-state index in [1.54, 1.807) is 0 Å². The van der Waals surface area contributed by atoms with Gasteiger partial charge in [0.15, 0.2) is 0 Å². The molecule has 1 aliphatic heterocycles. The molecule has 1 aromatic carbocycles. The molecule has 0 saturated carbocycles. The number of carbonyl (C=O) groups is 1. The van der Waals surface area contributed by atoms with Crippen molar-refractivity contribution >= 4 is 44.8 Å². The molecule has 1 aromatic heterocycles. The van der Waals surface area contributed by atoms with Crippen molar-refractivity contribution in [3.63, 3.8) is 0 Å². The molecule has 2 heterocycles. The zero-order valence-corrected chi connectivity index (χ0v) is 13.1. The third-order valence-electron chi connectivity index (χ3n) is 3.58. The molecule has 0 spiro atoms. The van der Waals surface area contributed by atoms with Crippen LogP contribution in [0.4, 0.5) is 5.69 Å². The molecule has 3 N–H and O–H groups in total. The fraction of sp³-hybridized carbons (Fsp3) is 0.400. The predicted molar refractivity (Wildman–Crippen MR) is 88.8 cm³/mol. The summed E-state index contributed by atoms with van der Waals surface area (Å²) in [4.78, 5) is 13.1. The maximum atomic E-state index is 12.4. The third-order valence-corrected chi connectivity index (χ3v) is 5.98. The first-order valence-corrected chi connectivity index (χ1v) is 8.79. The molecule has 1 unspecified atom stereocenters. The van der Waals surface area contributed by atoms with Crippen LogP contribution in [0, 0.1) is 6.92 Å². The SMILES string of the molecule is Cc1ccc2sc(C(=O)NC3CCCSC3)c(N)c2c1. The van der Waals surface area contributed by atoms with Crippen LogP contribution in [0.2, 0.25) is 0 Å². The van der Waals surface area contributed by atoms with Crippen LogP contribution >= 0.6 is 23.1 Å². The second-order valence-corrected chi connectivity index (χ2v) is 7.43. The fourth-order valence-electron chi connectivity index (χ4n) is 2.50. The van der Waals surface area contributed by atoms with Crippen LogP contribution in [0.25, 0.3) is 10.1 Å². The van der Waals surface area contributed by atoms with Crippen molar-refractivity contribution in [3.05, 3.63) is 28.6 Å². The summed E-state index contributed by atoms with van der Waals surface area (Å²) >= 11 is 3.39. The summed E-state index contributed by atoms with van der Waals surface area (Å²) in [6.45, 7) is 2.04. The number of hydrogen-bond donors (Lipinski definition) is 2. The largest absolute Gasteiger partial charge is 0.397 e. The predicted octanol–water partition coefficient (Wildman–Crippen LogP) is 3.42. The van der Waals surface area contributed by atoms with Gasteiger partial charge in [-0.1, -0.05) is 11.6 Å². The molecular formula is C15H18N2OS2. The molecule has 3 nitrogen and oxygen atoms in total. The number of amides is 1. The van der Waals surface area contributed by atoms with Gasteiger partial charge < -0.3 is 11.1 Å². The normalized spacial score (nSPS) is 19.1. The first-order valence-electron chi connectivity index (χ1n) is 6.82. The Balaban J connectivity index is 1.85. The van der Waals surface area contributed by atoms with Crippen LogP contribution in [0.3, 0.4) is 0 Å². The maximum Gasteiger partial charge on any atom is 0.263 e. The monoisotopic (exact) mass is 306 g/mol. The number of nitrogens with one attached hydrogen (secondary N) is 1. The van der Waals surface area contributed by atoms with Gasteiger partial charge in [-0.25, -0.2) is 0 Å². The minimum absolute atomic E-state index is 0.0196. The molecule has 0 radical (unpaired) electrons. The van der Waals surface area contributed by atoms with Gasteiger partial charge in [0.05, 0.1) is 5.69 Å². The molecule has 1 saturated heterocycles. The highest BCUT2D eigenvalue weighted by Gasteiger charge is 2.21. The minimum atomic E-state index is -0.0196. The van der Waals surface area contributed by atoms with E-state index in [-0.39, 0.29) is 11.9 Å². The van der Waals surface area contributed by atoms with Crippen LogP contribution in [0.1, 0.15) is 28.1 Å². The Morgan fingerprint density at radius 2 is 2.30 bits per heavy atom. The van der Waals surface area contributed by atoms with Gasteiger partial charge in [-0.2, -0.15) is 11.8 Å². The smallest absolute Gasteiger partial charge is 0.263 e. The lowest BCUT2D eigenvalue weighted by atomic mass is 10.1. The summed E-state index contributed by atoms with van der Waals surface area (Å²) in [7, 11) is 0. The zero-order chi connectivity index (χ0) is 14.1. The highest BCUT2D eigenvalue weighted by molar-refractivity contribution is 7.99. The van der Waals surface area contributed by atoms with Crippen molar-refractivity contribution in [3.8, 4) is 0 Å². The lowest BCUT2D eigenvalue weighted by molar-refractivity contribution is 0.0943. The molecule has 1 fully saturated rings. The Kier molecular flexibility index (Phi) is 3.89. The van der Waals surface area contributed by atoms with Crippen molar-refractivity contribution in [2.45, 2.75) is 25.8 Å². The Morgan fingerprint density at radius 1 is 1.45 bits per heavy atom. The Labute approximate surface area is 126 Å². The summed E-state index contributed by atoms with van der Waals surface area (Å²) in [6, 6.07) is 6.43. The van der Waals surface area contributed by atoms with E-state index in [2.05, 4.69) is 17.4 Å². The number of anilines is 1. The number of nitrogen functional groups attached to an aromatic ring is 1. The van der Waals surface area contributed by atoms with Gasteiger partial charge in [-0.05, 0) is 37.7 Å². The van der Waals surface area contributed by atoms with E-state index >= 15 is 0 Å². The number of benzene rings is 1. The Bertz CT molecular complexity index is 645. The fourth-order valence-corrected chi connectivity index (χ4v) is 4.58. The first kappa shape index (κ1) is 13.8. The van der Waals surface area contributed by atoms with E-state index in [4.69, 9.17) is 5.73 Å². The quantitative estimate of drug-likeness (QED) is 0.894. The lowest BCUT2D eigenvalue weighted by Gasteiger charge is -2.22. The number of nitrogens with two attached hydrogens (primary N) is 1. The molecule has 20 heavy (non-hydrogen) atoms. The van der Waals surface area contributed by atoms with Crippen molar-refractivity contribution in [2.24, 2.45) is 0 Å². The third kappa shape index (κ3) is 2.65. The van der Waals surface area contributed by atoms with E-state index in [0.29, 0.717) is 10.6 Å². The van der Waals surface area contributed by atoms with Gasteiger partial charge in [0, 0.05) is 21.9 Å². The second kappa shape index (κ2) is 5.66. The minimum Gasteiger partial charge on any atom is -0.397 e. The van der Waals surface area contributed by atoms with Crippen LogP contribution in [0.15, 0.2) is 18.2 Å². The van der Waals surface area contributed by atoms with E-state index in [9.17, 15) is 4.79 Å². The van der Waals surface area contributed by atoms with Crippen molar-refractivity contribution < 1.29 is 4.79 Å². The van der Waals surface area contributed by atoms with Gasteiger partial charge in [-0.3, -0.25) is 4.79 Å². The topological polar surface area (TPSA) is 55.1 Å². The molecule has 1 aliphatic rings. The highest BCUT2D eigenvalue weighted by Crippen LogP contribution is 2.34. The van der Waals surface area contributed by atoms with Gasteiger partial charge in [-0.15, -0.1) is 11.3 Å². The molecule has 2 aromatic rings. The molecular weight excluding hydrogens is 288 g/mol. The molecule has 1 atom stereocenters. The maximum absolute atomic E-state index is 12.4. The first-order chi connectivity index (χ1) is 9.65. The van der Waals surface area contributed by atoms with Crippen LogP contribution in [-0.4, -0.2) is 23.5 Å². The second-order valence-electron chi connectivity index (χ2n) is 5.23. The molecule has 106 valence electrons. The van der Waals surface area contributed by atoms with Gasteiger partial charge in [0.2, 0.25) is 0 Å². The van der Waals surface area contributed by atoms with Crippen molar-refractivity contribution in [1.82, 2.24) is 5.32 Å². The molecule has 5 heteroatoms. The summed E-state index contributed by atoms with van der Waals surface area (Å²) in [5, 5.41) is 4.12. The number of hydrogen-bond acceptors (Lipinski definition) is 4. The number of carbonyl (C=O) groups excluding carboxylic acids is 1. The summed E-state index contributed by atoms with van der Waals surface area (Å²) < 4.78 is 1.08. The van der Waals surface area contributed by atoms with Gasteiger partial charge in [0.25, 0.3) is 5.91 Å². The van der Waals surface area contributed by atoms with Crippen LogP contribution in [-0.2, 0) is 0 Å². The number of fused-ring (bicyclic) bond motifs is 1. The highest BCUT2D eigenvalue weighted by atomic mass is 32.2. The lowest BCUT2D eigenvalue weighted by Crippen LogP contribution is -2.38. The number of aryl methyl sites for hydroxylation is 1. The molecule has 0 aliphatic carbocycles. The average Bonchev–Trinajstić information content (AvgIpc) is 2.77. The Hall–Kier alpha value is -1.20. The van der Waals surface area contributed by atoms with Crippen molar-refractivity contribution in [2.75, 3.05) is 17.2 Å². The van der Waals surface area contributed by atoms with E-state index in [1.165, 1.54) is 23.5 Å². The van der Waals surface area contributed by atoms with Gasteiger partial charge in [0.1, 0.15) is 4.88 Å². The number of thiophene rings is 1. The van der Waals surface area contributed by atoms with Crippen LogP contribution in [0.5, 0.6) is 0 Å². The molecule has 0 bridgehead atoms. The van der Waals surface area contributed by atoms with Crippen molar-refractivity contribution in [1.29, 1.82) is 0 Å². The average molecular weight is 306 g/mol. The standard InChI is InChI=1S/C15H18N2OS2/c1-9-4-5-12-11(7-9)13(16)14(20-12)15(18)17-10-3-2-6-19-8-10/h4-5,7,10H,2-3,6,8,16H2,1H3,(H,17,18). The summed E-state index contributed by atoms with van der Waals surface area (Å²) in [5.74, 6) is 2.20. The number of thioether (sulfide) groups is 1. The molecule has 1 amide bonds. The van der Waals surface area contributed by atoms with Crippen LogP contribution < -0.4 is 11.1 Å². The summed E-state index contributed by atoms with van der Waals surface area (Å²) in [6.07, 6.45) is 2.25. The zero-order valence-electron chi connectivity index (χ0n) is 11.4. The van der Waals surface area contributed by atoms with Gasteiger partial charge >= 0.3 is 0 Å². The van der Waals surface area contributed by atoms with E-state index in [1.807, 2.05) is 24.8 Å².